The Morgan fingerprint density at radius 2 is 2.19 bits per heavy atom. The zero-order chi connectivity index (χ0) is 14.7. The van der Waals surface area contributed by atoms with Gasteiger partial charge in [-0.1, -0.05) is 12.8 Å². The van der Waals surface area contributed by atoms with Crippen molar-refractivity contribution in [2.75, 3.05) is 13.7 Å². The van der Waals surface area contributed by atoms with Crippen molar-refractivity contribution in [3.63, 3.8) is 0 Å². The van der Waals surface area contributed by atoms with Crippen molar-refractivity contribution in [1.82, 2.24) is 15.1 Å². The van der Waals surface area contributed by atoms with E-state index in [1.54, 1.807) is 0 Å². The number of fused-ring (bicyclic) bond motifs is 1. The molecule has 1 fully saturated rings. The second-order valence-electron chi connectivity index (χ2n) is 6.27. The van der Waals surface area contributed by atoms with Gasteiger partial charge >= 0.3 is 0 Å². The van der Waals surface area contributed by atoms with E-state index in [2.05, 4.69) is 10.4 Å². The molecule has 2 aliphatic rings. The highest BCUT2D eigenvalue weighted by Gasteiger charge is 2.30. The number of hydrogen-bond donors (Lipinski definition) is 2. The monoisotopic (exact) mass is 293 g/mol. The molecule has 0 aromatic carbocycles. The number of methoxy groups -OCH3 is 1. The van der Waals surface area contributed by atoms with Gasteiger partial charge in [0.2, 0.25) is 0 Å². The lowest BCUT2D eigenvalue weighted by Crippen LogP contribution is -2.45. The molecule has 3 rings (SSSR count). The summed E-state index contributed by atoms with van der Waals surface area (Å²) < 4.78 is 7.63. The molecule has 1 aromatic heterocycles. The third-order valence-corrected chi connectivity index (χ3v) is 5.00. The summed E-state index contributed by atoms with van der Waals surface area (Å²) in [4.78, 5) is 0. The standard InChI is InChI=1S/C16H27N3O2/c1-21-16-8-3-2-5-14(16)18-13-6-4-7-15-12(13)11-17-19(15)9-10-20/h11,13-14,16,18,20H,2-10H2,1H3. The minimum atomic E-state index is 0.153. The molecular weight excluding hydrogens is 266 g/mol. The summed E-state index contributed by atoms with van der Waals surface area (Å²) in [5.41, 5.74) is 2.63. The van der Waals surface area contributed by atoms with Crippen molar-refractivity contribution in [3.8, 4) is 0 Å². The Kier molecular flexibility index (Phi) is 4.93. The molecule has 2 aliphatic carbocycles. The largest absolute Gasteiger partial charge is 0.394 e. The summed E-state index contributed by atoms with van der Waals surface area (Å²) in [6.45, 7) is 0.757. The SMILES string of the molecule is COC1CCCCC1NC1CCCc2c1cnn2CCO. The van der Waals surface area contributed by atoms with Crippen LogP contribution in [0.3, 0.4) is 0 Å². The molecule has 0 amide bonds. The van der Waals surface area contributed by atoms with Gasteiger partial charge in [-0.05, 0) is 32.1 Å². The summed E-state index contributed by atoms with van der Waals surface area (Å²) in [5, 5.41) is 17.4. The summed E-state index contributed by atoms with van der Waals surface area (Å²) in [7, 11) is 1.83. The third kappa shape index (κ3) is 3.15. The van der Waals surface area contributed by atoms with Gasteiger partial charge in [-0.25, -0.2) is 0 Å². The van der Waals surface area contributed by atoms with E-state index in [1.165, 1.54) is 43.4 Å². The van der Waals surface area contributed by atoms with E-state index in [4.69, 9.17) is 9.84 Å². The van der Waals surface area contributed by atoms with Crippen LogP contribution in [0, 0.1) is 0 Å². The van der Waals surface area contributed by atoms with Gasteiger partial charge < -0.3 is 15.2 Å². The highest BCUT2D eigenvalue weighted by molar-refractivity contribution is 5.25. The number of rotatable bonds is 5. The fourth-order valence-corrected chi connectivity index (χ4v) is 3.91. The molecule has 3 unspecified atom stereocenters. The van der Waals surface area contributed by atoms with E-state index in [-0.39, 0.29) is 6.61 Å². The minimum absolute atomic E-state index is 0.153. The van der Waals surface area contributed by atoms with Gasteiger partial charge in [0.25, 0.3) is 0 Å². The fourth-order valence-electron chi connectivity index (χ4n) is 3.91. The van der Waals surface area contributed by atoms with Crippen molar-refractivity contribution in [2.45, 2.75) is 69.7 Å². The Morgan fingerprint density at radius 1 is 1.33 bits per heavy atom. The lowest BCUT2D eigenvalue weighted by Gasteiger charge is -2.35. The van der Waals surface area contributed by atoms with Gasteiger partial charge in [0.15, 0.2) is 0 Å². The highest BCUT2D eigenvalue weighted by Crippen LogP contribution is 2.32. The number of nitrogens with zero attached hydrogens (tertiary/aromatic N) is 2. The summed E-state index contributed by atoms with van der Waals surface area (Å²) in [6.07, 6.45) is 10.7. The quantitative estimate of drug-likeness (QED) is 0.869. The molecule has 21 heavy (non-hydrogen) atoms. The van der Waals surface area contributed by atoms with Gasteiger partial charge in [-0.2, -0.15) is 5.10 Å². The maximum Gasteiger partial charge on any atom is 0.0724 e. The first kappa shape index (κ1) is 15.0. The second kappa shape index (κ2) is 6.90. The Balaban J connectivity index is 1.72. The molecule has 0 aliphatic heterocycles. The zero-order valence-electron chi connectivity index (χ0n) is 12.9. The maximum atomic E-state index is 9.14. The van der Waals surface area contributed by atoms with E-state index >= 15 is 0 Å². The van der Waals surface area contributed by atoms with E-state index in [1.807, 2.05) is 18.0 Å². The van der Waals surface area contributed by atoms with Gasteiger partial charge in [0.1, 0.15) is 0 Å². The third-order valence-electron chi connectivity index (χ3n) is 5.00. The van der Waals surface area contributed by atoms with Crippen LogP contribution in [-0.4, -0.2) is 40.7 Å². The summed E-state index contributed by atoms with van der Waals surface area (Å²) in [6, 6.07) is 0.850. The lowest BCUT2D eigenvalue weighted by atomic mass is 9.88. The zero-order valence-corrected chi connectivity index (χ0v) is 12.9. The van der Waals surface area contributed by atoms with Crippen LogP contribution in [-0.2, 0) is 17.7 Å². The molecule has 2 N–H and O–H groups in total. The molecular formula is C16H27N3O2. The Morgan fingerprint density at radius 3 is 3.00 bits per heavy atom. The van der Waals surface area contributed by atoms with E-state index in [0.29, 0.717) is 24.7 Å². The average Bonchev–Trinajstić information content (AvgIpc) is 2.93. The highest BCUT2D eigenvalue weighted by atomic mass is 16.5. The lowest BCUT2D eigenvalue weighted by molar-refractivity contribution is 0.0367. The molecule has 0 saturated heterocycles. The van der Waals surface area contributed by atoms with Crippen molar-refractivity contribution in [2.24, 2.45) is 0 Å². The second-order valence-corrected chi connectivity index (χ2v) is 6.27. The first-order chi connectivity index (χ1) is 10.3. The fraction of sp³-hybridized carbons (Fsp3) is 0.812. The molecule has 1 heterocycles. The normalized spacial score (nSPS) is 29.3. The van der Waals surface area contributed by atoms with Crippen molar-refractivity contribution in [3.05, 3.63) is 17.5 Å². The van der Waals surface area contributed by atoms with Gasteiger partial charge in [-0.15, -0.1) is 0 Å². The molecule has 5 heteroatoms. The number of hydrogen-bond acceptors (Lipinski definition) is 4. The van der Waals surface area contributed by atoms with Gasteiger partial charge in [0.05, 0.1) is 25.5 Å². The summed E-state index contributed by atoms with van der Waals surface area (Å²) in [5.74, 6) is 0. The topological polar surface area (TPSA) is 59.3 Å². The average molecular weight is 293 g/mol. The van der Waals surface area contributed by atoms with Crippen LogP contribution in [0.1, 0.15) is 55.8 Å². The number of ether oxygens (including phenoxy) is 1. The van der Waals surface area contributed by atoms with Crippen LogP contribution >= 0.6 is 0 Å². The van der Waals surface area contributed by atoms with Crippen LogP contribution in [0.5, 0.6) is 0 Å². The predicted molar refractivity (Wildman–Crippen MR) is 81.2 cm³/mol. The first-order valence-electron chi connectivity index (χ1n) is 8.27. The number of aromatic nitrogens is 2. The van der Waals surface area contributed by atoms with Crippen LogP contribution in [0.4, 0.5) is 0 Å². The summed E-state index contributed by atoms with van der Waals surface area (Å²) >= 11 is 0. The van der Waals surface area contributed by atoms with Gasteiger partial charge in [0, 0.05) is 30.5 Å². The smallest absolute Gasteiger partial charge is 0.0724 e. The molecule has 1 aromatic rings. The Labute approximate surface area is 126 Å². The van der Waals surface area contributed by atoms with Gasteiger partial charge in [-0.3, -0.25) is 4.68 Å². The van der Waals surface area contributed by atoms with Crippen LogP contribution in [0.2, 0.25) is 0 Å². The van der Waals surface area contributed by atoms with Crippen molar-refractivity contribution in [1.29, 1.82) is 0 Å². The molecule has 0 radical (unpaired) electrons. The molecule has 0 spiro atoms. The first-order valence-corrected chi connectivity index (χ1v) is 8.27. The van der Waals surface area contributed by atoms with E-state index < -0.39 is 0 Å². The van der Waals surface area contributed by atoms with E-state index in [9.17, 15) is 0 Å². The number of aliphatic hydroxyl groups excluding tert-OH is 1. The Bertz CT molecular complexity index is 460. The van der Waals surface area contributed by atoms with E-state index in [0.717, 1.165) is 12.8 Å². The predicted octanol–water partition coefficient (Wildman–Crippen LogP) is 1.80. The number of nitrogens with one attached hydrogen (secondary N) is 1. The van der Waals surface area contributed by atoms with Crippen LogP contribution < -0.4 is 5.32 Å². The van der Waals surface area contributed by atoms with Crippen molar-refractivity contribution >= 4 is 0 Å². The van der Waals surface area contributed by atoms with Crippen LogP contribution in [0.15, 0.2) is 6.20 Å². The molecule has 5 nitrogen and oxygen atoms in total. The maximum absolute atomic E-state index is 9.14. The van der Waals surface area contributed by atoms with Crippen LogP contribution in [0.25, 0.3) is 0 Å². The van der Waals surface area contributed by atoms with Crippen molar-refractivity contribution < 1.29 is 9.84 Å². The molecule has 0 bridgehead atoms. The Hall–Kier alpha value is -0.910. The minimum Gasteiger partial charge on any atom is -0.394 e. The molecule has 118 valence electrons. The molecule has 3 atom stereocenters. The number of aliphatic hydroxyl groups is 1. The molecule has 1 saturated carbocycles.